The Kier molecular flexibility index (Phi) is 3.95. The molecule has 1 aromatic heterocycles. The van der Waals surface area contributed by atoms with Gasteiger partial charge in [-0.25, -0.2) is 0 Å². The first-order valence-corrected chi connectivity index (χ1v) is 8.43. The molecule has 0 bridgehead atoms. The normalized spacial score (nSPS) is 21.4. The van der Waals surface area contributed by atoms with Crippen LogP contribution >= 0.6 is 0 Å². The molecule has 1 aliphatic heterocycles. The third kappa shape index (κ3) is 2.94. The lowest BCUT2D eigenvalue weighted by Gasteiger charge is -2.16. The van der Waals surface area contributed by atoms with Gasteiger partial charge in [-0.1, -0.05) is 30.3 Å². The maximum atomic E-state index is 4.48. The Labute approximate surface area is 131 Å². The van der Waals surface area contributed by atoms with Crippen LogP contribution in [0.25, 0.3) is 0 Å². The quantitative estimate of drug-likeness (QED) is 0.889. The van der Waals surface area contributed by atoms with Crippen LogP contribution in [0.1, 0.15) is 35.4 Å². The fourth-order valence-corrected chi connectivity index (χ4v) is 3.76. The Morgan fingerprint density at radius 3 is 3.05 bits per heavy atom. The summed E-state index contributed by atoms with van der Waals surface area (Å²) < 4.78 is 0. The zero-order valence-electron chi connectivity index (χ0n) is 13.0. The number of aromatic nitrogens is 2. The van der Waals surface area contributed by atoms with Crippen molar-refractivity contribution in [2.45, 2.75) is 44.8 Å². The number of hydrogen-bond acceptors (Lipinski definition) is 3. The number of aromatic amines is 1. The molecule has 1 fully saturated rings. The lowest BCUT2D eigenvalue weighted by Crippen LogP contribution is -2.32. The van der Waals surface area contributed by atoms with Crippen LogP contribution in [0.5, 0.6) is 0 Å². The zero-order chi connectivity index (χ0) is 14.8. The summed E-state index contributed by atoms with van der Waals surface area (Å²) in [5.41, 5.74) is 5.50. The largest absolute Gasteiger partial charge is 0.307 e. The van der Waals surface area contributed by atoms with E-state index in [4.69, 9.17) is 0 Å². The minimum atomic E-state index is 0.595. The van der Waals surface area contributed by atoms with E-state index in [1.54, 1.807) is 0 Å². The van der Waals surface area contributed by atoms with Crippen LogP contribution in [0.2, 0.25) is 0 Å². The lowest BCUT2D eigenvalue weighted by molar-refractivity contribution is 0.319. The molecule has 2 heterocycles. The third-order valence-corrected chi connectivity index (χ3v) is 4.97. The molecule has 0 saturated carbocycles. The molecule has 2 N–H and O–H groups in total. The lowest BCUT2D eigenvalue weighted by atomic mass is 10.2. The summed E-state index contributed by atoms with van der Waals surface area (Å²) in [6, 6.07) is 11.4. The zero-order valence-corrected chi connectivity index (χ0v) is 13.0. The molecule has 1 aliphatic carbocycles. The Hall–Kier alpha value is -1.65. The number of likely N-dealkylation sites (tertiary alicyclic amines) is 1. The number of fused-ring (bicyclic) bond motifs is 1. The number of rotatable bonds is 5. The minimum absolute atomic E-state index is 0.595. The van der Waals surface area contributed by atoms with Gasteiger partial charge in [-0.2, -0.15) is 5.10 Å². The van der Waals surface area contributed by atoms with Crippen LogP contribution < -0.4 is 5.32 Å². The molecule has 22 heavy (non-hydrogen) atoms. The summed E-state index contributed by atoms with van der Waals surface area (Å²) in [7, 11) is 0. The van der Waals surface area contributed by atoms with Crippen LogP contribution in [-0.2, 0) is 25.9 Å². The summed E-state index contributed by atoms with van der Waals surface area (Å²) in [5, 5.41) is 11.4. The maximum Gasteiger partial charge on any atom is 0.0794 e. The molecular formula is C18H24N4. The Morgan fingerprint density at radius 2 is 2.14 bits per heavy atom. The predicted octanol–water partition coefficient (Wildman–Crippen LogP) is 2.26. The summed E-state index contributed by atoms with van der Waals surface area (Å²) in [4.78, 5) is 2.54. The SMILES string of the molecule is c1ccc(CN2CCC(NCc3n[nH]c4c3CCC4)C2)cc1. The third-order valence-electron chi connectivity index (χ3n) is 4.97. The highest BCUT2D eigenvalue weighted by Gasteiger charge is 2.23. The molecular weight excluding hydrogens is 272 g/mol. The van der Waals surface area contributed by atoms with Gasteiger partial charge in [0.1, 0.15) is 0 Å². The molecule has 2 aliphatic rings. The van der Waals surface area contributed by atoms with Crippen molar-refractivity contribution in [3.8, 4) is 0 Å². The molecule has 4 rings (SSSR count). The Morgan fingerprint density at radius 1 is 1.23 bits per heavy atom. The van der Waals surface area contributed by atoms with Crippen molar-refractivity contribution in [1.82, 2.24) is 20.4 Å². The number of hydrogen-bond donors (Lipinski definition) is 2. The van der Waals surface area contributed by atoms with Gasteiger partial charge in [0.05, 0.1) is 5.69 Å². The fourth-order valence-electron chi connectivity index (χ4n) is 3.76. The fraction of sp³-hybridized carbons (Fsp3) is 0.500. The highest BCUT2D eigenvalue weighted by Crippen LogP contribution is 2.23. The average Bonchev–Trinajstić information content (AvgIpc) is 3.23. The number of H-pyrrole nitrogens is 1. The summed E-state index contributed by atoms with van der Waals surface area (Å²) in [5.74, 6) is 0. The van der Waals surface area contributed by atoms with Crippen molar-refractivity contribution in [3.05, 3.63) is 52.8 Å². The molecule has 1 saturated heterocycles. The van der Waals surface area contributed by atoms with E-state index in [1.165, 1.54) is 54.7 Å². The van der Waals surface area contributed by atoms with Gasteiger partial charge in [-0.15, -0.1) is 0 Å². The number of aryl methyl sites for hydroxylation is 1. The number of benzene rings is 1. The first-order chi connectivity index (χ1) is 10.9. The Bertz CT molecular complexity index is 619. The molecule has 0 spiro atoms. The maximum absolute atomic E-state index is 4.48. The first-order valence-electron chi connectivity index (χ1n) is 8.43. The smallest absolute Gasteiger partial charge is 0.0794 e. The van der Waals surface area contributed by atoms with Gasteiger partial charge in [0.15, 0.2) is 0 Å². The van der Waals surface area contributed by atoms with E-state index in [2.05, 4.69) is 50.7 Å². The molecule has 1 unspecified atom stereocenters. The second-order valence-corrected chi connectivity index (χ2v) is 6.57. The molecule has 116 valence electrons. The first kappa shape index (κ1) is 14.0. The van der Waals surface area contributed by atoms with Crippen molar-refractivity contribution in [3.63, 3.8) is 0 Å². The molecule has 0 amide bonds. The predicted molar refractivity (Wildman–Crippen MR) is 87.6 cm³/mol. The van der Waals surface area contributed by atoms with Crippen LogP contribution in [-0.4, -0.2) is 34.2 Å². The van der Waals surface area contributed by atoms with Gasteiger partial charge in [0, 0.05) is 37.9 Å². The molecule has 1 atom stereocenters. The monoisotopic (exact) mass is 296 g/mol. The molecule has 4 heteroatoms. The van der Waals surface area contributed by atoms with E-state index in [1.807, 2.05) is 0 Å². The van der Waals surface area contributed by atoms with Crippen LogP contribution in [0.15, 0.2) is 30.3 Å². The molecule has 4 nitrogen and oxygen atoms in total. The van der Waals surface area contributed by atoms with E-state index < -0.39 is 0 Å². The molecule has 1 aromatic carbocycles. The van der Waals surface area contributed by atoms with E-state index in [0.29, 0.717) is 6.04 Å². The van der Waals surface area contributed by atoms with Gasteiger partial charge in [-0.3, -0.25) is 10.00 Å². The highest BCUT2D eigenvalue weighted by molar-refractivity contribution is 5.29. The second kappa shape index (κ2) is 6.23. The summed E-state index contributed by atoms with van der Waals surface area (Å²) in [6.07, 6.45) is 4.90. The van der Waals surface area contributed by atoms with Crippen molar-refractivity contribution in [1.29, 1.82) is 0 Å². The van der Waals surface area contributed by atoms with Crippen LogP contribution in [0.4, 0.5) is 0 Å². The van der Waals surface area contributed by atoms with E-state index in [0.717, 1.165) is 19.6 Å². The topological polar surface area (TPSA) is 44.0 Å². The number of nitrogens with one attached hydrogen (secondary N) is 2. The van der Waals surface area contributed by atoms with Gasteiger partial charge in [0.25, 0.3) is 0 Å². The minimum Gasteiger partial charge on any atom is -0.307 e. The summed E-state index contributed by atoms with van der Waals surface area (Å²) in [6.45, 7) is 4.30. The van der Waals surface area contributed by atoms with Crippen molar-refractivity contribution >= 4 is 0 Å². The van der Waals surface area contributed by atoms with Crippen LogP contribution in [0, 0.1) is 0 Å². The van der Waals surface area contributed by atoms with E-state index in [9.17, 15) is 0 Å². The van der Waals surface area contributed by atoms with Gasteiger partial charge in [0.2, 0.25) is 0 Å². The van der Waals surface area contributed by atoms with Crippen molar-refractivity contribution in [2.75, 3.05) is 13.1 Å². The van der Waals surface area contributed by atoms with Crippen LogP contribution in [0.3, 0.4) is 0 Å². The van der Waals surface area contributed by atoms with Gasteiger partial charge < -0.3 is 5.32 Å². The van der Waals surface area contributed by atoms with Gasteiger partial charge >= 0.3 is 0 Å². The Balaban J connectivity index is 1.28. The molecule has 0 radical (unpaired) electrons. The second-order valence-electron chi connectivity index (χ2n) is 6.57. The van der Waals surface area contributed by atoms with E-state index >= 15 is 0 Å². The number of nitrogens with zero attached hydrogens (tertiary/aromatic N) is 2. The standard InChI is InChI=1S/C18H24N4/c1-2-5-14(6-3-1)12-22-10-9-15(13-22)19-11-18-16-7-4-8-17(16)20-21-18/h1-3,5-6,15,19H,4,7-13H2,(H,20,21). The van der Waals surface area contributed by atoms with Gasteiger partial charge in [-0.05, 0) is 36.8 Å². The summed E-state index contributed by atoms with van der Waals surface area (Å²) >= 11 is 0. The van der Waals surface area contributed by atoms with Crippen molar-refractivity contribution < 1.29 is 0 Å². The highest BCUT2D eigenvalue weighted by atomic mass is 15.2. The van der Waals surface area contributed by atoms with E-state index in [-0.39, 0.29) is 0 Å². The average molecular weight is 296 g/mol. The van der Waals surface area contributed by atoms with Crippen molar-refractivity contribution in [2.24, 2.45) is 0 Å². The molecule has 2 aromatic rings.